The largest absolute Gasteiger partial charge is 0.381 e. The van der Waals surface area contributed by atoms with E-state index >= 15 is 0 Å². The van der Waals surface area contributed by atoms with Crippen LogP contribution in [0, 0.1) is 6.92 Å². The van der Waals surface area contributed by atoms with Gasteiger partial charge in [-0.3, -0.25) is 4.79 Å². The molecule has 1 aliphatic rings. The molecule has 1 atom stereocenters. The molecule has 4 nitrogen and oxygen atoms in total. The zero-order valence-corrected chi connectivity index (χ0v) is 14.4. The summed E-state index contributed by atoms with van der Waals surface area (Å²) in [5, 5.41) is 3.21. The number of carbonyl (C=O) groups excluding carboxylic acids is 1. The summed E-state index contributed by atoms with van der Waals surface area (Å²) in [6.45, 7) is 5.97. The fourth-order valence-electron chi connectivity index (χ4n) is 3.26. The molecular formula is C19H30N2O2. The van der Waals surface area contributed by atoms with E-state index in [4.69, 9.17) is 10.5 Å². The minimum absolute atomic E-state index is 0.0626. The van der Waals surface area contributed by atoms with Crippen LogP contribution in [0.1, 0.15) is 50.2 Å². The zero-order chi connectivity index (χ0) is 16.7. The first-order chi connectivity index (χ1) is 11.1. The van der Waals surface area contributed by atoms with Crippen molar-refractivity contribution in [1.82, 2.24) is 5.32 Å². The van der Waals surface area contributed by atoms with Gasteiger partial charge in [0.05, 0.1) is 5.41 Å². The lowest BCUT2D eigenvalue weighted by Crippen LogP contribution is -2.52. The molecule has 0 saturated carbocycles. The standard InChI is InChI=1S/C19H30N2O2/c1-3-4-5-17(14-20)21-18(22)19(10-12-23-13-11-19)16-8-6-15(2)7-9-16/h6-9,17H,3-5,10-14,20H2,1-2H3,(H,21,22). The molecule has 1 fully saturated rings. The lowest BCUT2D eigenvalue weighted by molar-refractivity contribution is -0.131. The Balaban J connectivity index is 2.20. The fraction of sp³-hybridized carbons (Fsp3) is 0.632. The Kier molecular flexibility index (Phi) is 6.60. The highest BCUT2D eigenvalue weighted by atomic mass is 16.5. The Bertz CT molecular complexity index is 493. The number of nitrogens with two attached hydrogens (primary N) is 1. The van der Waals surface area contributed by atoms with Gasteiger partial charge in [0.15, 0.2) is 0 Å². The van der Waals surface area contributed by atoms with Crippen LogP contribution >= 0.6 is 0 Å². The summed E-state index contributed by atoms with van der Waals surface area (Å²) < 4.78 is 5.51. The monoisotopic (exact) mass is 318 g/mol. The normalized spacial score (nSPS) is 18.4. The van der Waals surface area contributed by atoms with Gasteiger partial charge in [-0.05, 0) is 31.7 Å². The van der Waals surface area contributed by atoms with Crippen LogP contribution in [0.15, 0.2) is 24.3 Å². The predicted octanol–water partition coefficient (Wildman–Crippen LogP) is 2.68. The van der Waals surface area contributed by atoms with E-state index in [-0.39, 0.29) is 11.9 Å². The Hall–Kier alpha value is -1.39. The third-order valence-corrected chi connectivity index (χ3v) is 4.91. The van der Waals surface area contributed by atoms with Crippen molar-refractivity contribution in [2.24, 2.45) is 5.73 Å². The highest BCUT2D eigenvalue weighted by molar-refractivity contribution is 5.88. The molecule has 1 aliphatic heterocycles. The van der Waals surface area contributed by atoms with E-state index in [1.165, 1.54) is 5.56 Å². The molecule has 1 unspecified atom stereocenters. The van der Waals surface area contributed by atoms with Crippen LogP contribution in [0.25, 0.3) is 0 Å². The summed E-state index contributed by atoms with van der Waals surface area (Å²) in [4.78, 5) is 13.1. The van der Waals surface area contributed by atoms with Gasteiger partial charge < -0.3 is 15.8 Å². The molecule has 0 aromatic heterocycles. The second-order valence-electron chi connectivity index (χ2n) is 6.61. The maximum absolute atomic E-state index is 13.1. The average molecular weight is 318 g/mol. The van der Waals surface area contributed by atoms with Gasteiger partial charge in [-0.2, -0.15) is 0 Å². The lowest BCUT2D eigenvalue weighted by atomic mass is 9.73. The number of nitrogens with one attached hydrogen (secondary N) is 1. The number of aryl methyl sites for hydroxylation is 1. The van der Waals surface area contributed by atoms with Crippen molar-refractivity contribution < 1.29 is 9.53 Å². The van der Waals surface area contributed by atoms with Gasteiger partial charge in [0.25, 0.3) is 0 Å². The van der Waals surface area contributed by atoms with Crippen LogP contribution in [-0.2, 0) is 14.9 Å². The maximum Gasteiger partial charge on any atom is 0.231 e. The number of ether oxygens (including phenoxy) is 1. The molecule has 1 saturated heterocycles. The van der Waals surface area contributed by atoms with Crippen molar-refractivity contribution in [2.45, 2.75) is 57.4 Å². The van der Waals surface area contributed by atoms with Crippen LogP contribution in [0.5, 0.6) is 0 Å². The molecule has 0 spiro atoms. The molecule has 3 N–H and O–H groups in total. The molecule has 0 bridgehead atoms. The summed E-state index contributed by atoms with van der Waals surface area (Å²) in [6.07, 6.45) is 4.60. The van der Waals surface area contributed by atoms with Crippen LogP contribution in [0.2, 0.25) is 0 Å². The number of rotatable bonds is 7. The quantitative estimate of drug-likeness (QED) is 0.812. The smallest absolute Gasteiger partial charge is 0.231 e. The van der Waals surface area contributed by atoms with Crippen molar-refractivity contribution in [3.05, 3.63) is 35.4 Å². The van der Waals surface area contributed by atoms with Gasteiger partial charge in [0, 0.05) is 25.8 Å². The first kappa shape index (κ1) is 18.0. The number of benzene rings is 1. The SMILES string of the molecule is CCCCC(CN)NC(=O)C1(c2ccc(C)cc2)CCOCC1. The highest BCUT2D eigenvalue weighted by Gasteiger charge is 2.42. The van der Waals surface area contributed by atoms with Gasteiger partial charge in [-0.1, -0.05) is 49.6 Å². The minimum Gasteiger partial charge on any atom is -0.381 e. The van der Waals surface area contributed by atoms with Crippen LogP contribution in [-0.4, -0.2) is 31.7 Å². The second kappa shape index (κ2) is 8.46. The van der Waals surface area contributed by atoms with Gasteiger partial charge in [0.1, 0.15) is 0 Å². The van der Waals surface area contributed by atoms with Gasteiger partial charge in [-0.25, -0.2) is 0 Å². The van der Waals surface area contributed by atoms with E-state index in [9.17, 15) is 4.79 Å². The summed E-state index contributed by atoms with van der Waals surface area (Å²) in [5.74, 6) is 0.108. The predicted molar refractivity (Wildman–Crippen MR) is 93.4 cm³/mol. The molecular weight excluding hydrogens is 288 g/mol. The summed E-state index contributed by atoms with van der Waals surface area (Å²) in [5.41, 5.74) is 7.67. The molecule has 2 rings (SSSR count). The first-order valence-electron chi connectivity index (χ1n) is 8.78. The Labute approximate surface area is 139 Å². The molecule has 1 aromatic carbocycles. The Morgan fingerprint density at radius 2 is 1.96 bits per heavy atom. The van der Waals surface area contributed by atoms with E-state index in [2.05, 4.69) is 43.4 Å². The Morgan fingerprint density at radius 1 is 1.30 bits per heavy atom. The third-order valence-electron chi connectivity index (χ3n) is 4.91. The molecule has 0 radical (unpaired) electrons. The molecule has 1 heterocycles. The summed E-state index contributed by atoms with van der Waals surface area (Å²) in [7, 11) is 0. The number of hydrogen-bond donors (Lipinski definition) is 2. The van der Waals surface area contributed by atoms with E-state index in [0.29, 0.717) is 19.8 Å². The van der Waals surface area contributed by atoms with Gasteiger partial charge in [0.2, 0.25) is 5.91 Å². The van der Waals surface area contributed by atoms with Crippen LogP contribution < -0.4 is 11.1 Å². The van der Waals surface area contributed by atoms with E-state index in [1.54, 1.807) is 0 Å². The number of hydrogen-bond acceptors (Lipinski definition) is 3. The minimum atomic E-state index is -0.481. The molecule has 1 amide bonds. The molecule has 0 aliphatic carbocycles. The first-order valence-corrected chi connectivity index (χ1v) is 8.78. The van der Waals surface area contributed by atoms with Gasteiger partial charge in [-0.15, -0.1) is 0 Å². The lowest BCUT2D eigenvalue weighted by Gasteiger charge is -2.37. The topological polar surface area (TPSA) is 64.3 Å². The molecule has 1 aromatic rings. The van der Waals surface area contributed by atoms with Crippen LogP contribution in [0.4, 0.5) is 0 Å². The van der Waals surface area contributed by atoms with E-state index < -0.39 is 5.41 Å². The van der Waals surface area contributed by atoms with E-state index in [1.807, 2.05) is 0 Å². The molecule has 128 valence electrons. The van der Waals surface area contributed by atoms with Gasteiger partial charge >= 0.3 is 0 Å². The average Bonchev–Trinajstić information content (AvgIpc) is 2.59. The number of amides is 1. The van der Waals surface area contributed by atoms with E-state index in [0.717, 1.165) is 37.7 Å². The fourth-order valence-corrected chi connectivity index (χ4v) is 3.26. The zero-order valence-electron chi connectivity index (χ0n) is 14.4. The molecule has 4 heteroatoms. The summed E-state index contributed by atoms with van der Waals surface area (Å²) >= 11 is 0. The van der Waals surface area contributed by atoms with Crippen molar-refractivity contribution in [2.75, 3.05) is 19.8 Å². The number of unbranched alkanes of at least 4 members (excludes halogenated alkanes) is 1. The second-order valence-corrected chi connectivity index (χ2v) is 6.61. The van der Waals surface area contributed by atoms with Crippen molar-refractivity contribution in [3.63, 3.8) is 0 Å². The maximum atomic E-state index is 13.1. The van der Waals surface area contributed by atoms with Crippen LogP contribution in [0.3, 0.4) is 0 Å². The third kappa shape index (κ3) is 4.33. The van der Waals surface area contributed by atoms with Crippen molar-refractivity contribution in [3.8, 4) is 0 Å². The number of carbonyl (C=O) groups is 1. The Morgan fingerprint density at radius 3 is 2.52 bits per heavy atom. The highest BCUT2D eigenvalue weighted by Crippen LogP contribution is 2.35. The summed E-state index contributed by atoms with van der Waals surface area (Å²) in [6, 6.07) is 8.40. The van der Waals surface area contributed by atoms with Crippen molar-refractivity contribution in [1.29, 1.82) is 0 Å². The molecule has 23 heavy (non-hydrogen) atoms. The van der Waals surface area contributed by atoms with Crippen molar-refractivity contribution >= 4 is 5.91 Å².